The van der Waals surface area contributed by atoms with Gasteiger partial charge in [0.1, 0.15) is 17.5 Å². The number of ether oxygens (including phenoxy) is 1. The smallest absolute Gasteiger partial charge is 0.337 e. The molecule has 0 N–H and O–H groups in total. The average molecular weight is 348 g/mol. The predicted molar refractivity (Wildman–Crippen MR) is 88.2 cm³/mol. The molecule has 2 nitrogen and oxygen atoms in total. The number of benzene rings is 2. The van der Waals surface area contributed by atoms with Gasteiger partial charge in [-0.25, -0.2) is 18.0 Å². The fourth-order valence-electron chi connectivity index (χ4n) is 3.69. The molecule has 5 heteroatoms. The van der Waals surface area contributed by atoms with Crippen molar-refractivity contribution in [3.05, 3.63) is 70.0 Å². The summed E-state index contributed by atoms with van der Waals surface area (Å²) in [6.07, 6.45) is 1.22. The molecule has 0 saturated heterocycles. The molecule has 0 radical (unpaired) electrons. The van der Waals surface area contributed by atoms with Crippen molar-refractivity contribution in [2.45, 2.75) is 38.0 Å². The van der Waals surface area contributed by atoms with Crippen molar-refractivity contribution >= 4 is 5.97 Å². The maximum absolute atomic E-state index is 14.3. The van der Waals surface area contributed by atoms with Crippen molar-refractivity contribution in [2.24, 2.45) is 0 Å². The van der Waals surface area contributed by atoms with Crippen LogP contribution < -0.4 is 0 Å². The summed E-state index contributed by atoms with van der Waals surface area (Å²) < 4.78 is 46.7. The van der Waals surface area contributed by atoms with E-state index < -0.39 is 29.3 Å². The van der Waals surface area contributed by atoms with Gasteiger partial charge in [-0.05, 0) is 41.5 Å². The quantitative estimate of drug-likeness (QED) is 0.706. The van der Waals surface area contributed by atoms with Crippen LogP contribution in [0.2, 0.25) is 0 Å². The zero-order chi connectivity index (χ0) is 18.4. The highest BCUT2D eigenvalue weighted by atomic mass is 19.1. The van der Waals surface area contributed by atoms with Crippen LogP contribution in [0.15, 0.2) is 30.3 Å². The van der Waals surface area contributed by atoms with E-state index in [9.17, 15) is 18.0 Å². The van der Waals surface area contributed by atoms with Gasteiger partial charge in [-0.1, -0.05) is 19.9 Å². The molecule has 0 fully saturated rings. The second kappa shape index (κ2) is 6.21. The molecule has 1 unspecified atom stereocenters. The number of methoxy groups -OCH3 is 1. The molecule has 0 aromatic heterocycles. The van der Waals surface area contributed by atoms with E-state index in [1.165, 1.54) is 7.11 Å². The molecule has 0 bridgehead atoms. The number of carbonyl (C=O) groups excluding carboxylic acids is 1. The van der Waals surface area contributed by atoms with Crippen LogP contribution in [0.3, 0.4) is 0 Å². The van der Waals surface area contributed by atoms with E-state index in [0.717, 1.165) is 12.0 Å². The summed E-state index contributed by atoms with van der Waals surface area (Å²) in [5.74, 6) is -3.84. The van der Waals surface area contributed by atoms with E-state index in [-0.39, 0.29) is 11.0 Å². The number of hydrogen-bond acceptors (Lipinski definition) is 2. The largest absolute Gasteiger partial charge is 0.465 e. The summed E-state index contributed by atoms with van der Waals surface area (Å²) in [4.78, 5) is 11.9. The Kier molecular flexibility index (Phi) is 4.35. The van der Waals surface area contributed by atoms with Gasteiger partial charge >= 0.3 is 5.97 Å². The Labute approximate surface area is 144 Å². The van der Waals surface area contributed by atoms with Crippen molar-refractivity contribution < 1.29 is 22.7 Å². The third kappa shape index (κ3) is 3.03. The van der Waals surface area contributed by atoms with Crippen LogP contribution in [0, 0.1) is 17.5 Å². The Morgan fingerprint density at radius 3 is 2.36 bits per heavy atom. The van der Waals surface area contributed by atoms with Crippen LogP contribution in [0.5, 0.6) is 0 Å². The monoisotopic (exact) mass is 348 g/mol. The molecule has 0 heterocycles. The highest BCUT2D eigenvalue weighted by molar-refractivity contribution is 5.89. The van der Waals surface area contributed by atoms with Gasteiger partial charge in [0.15, 0.2) is 0 Å². The molecule has 1 aliphatic carbocycles. The number of hydrogen-bond donors (Lipinski definition) is 0. The van der Waals surface area contributed by atoms with Crippen molar-refractivity contribution in [1.29, 1.82) is 0 Å². The molecule has 25 heavy (non-hydrogen) atoms. The Morgan fingerprint density at radius 2 is 1.76 bits per heavy atom. The first-order valence-corrected chi connectivity index (χ1v) is 8.12. The first kappa shape index (κ1) is 17.5. The van der Waals surface area contributed by atoms with Crippen LogP contribution in [-0.4, -0.2) is 13.1 Å². The molecule has 0 spiro atoms. The van der Waals surface area contributed by atoms with Crippen LogP contribution >= 0.6 is 0 Å². The highest BCUT2D eigenvalue weighted by Crippen LogP contribution is 2.46. The van der Waals surface area contributed by atoms with E-state index in [2.05, 4.69) is 13.8 Å². The van der Waals surface area contributed by atoms with Crippen LogP contribution in [0.4, 0.5) is 13.2 Å². The van der Waals surface area contributed by atoms with E-state index in [1.807, 2.05) is 6.07 Å². The average Bonchev–Trinajstić information content (AvgIpc) is 2.55. The minimum atomic E-state index is -0.946. The summed E-state index contributed by atoms with van der Waals surface area (Å²) in [6.45, 7) is 4.11. The predicted octanol–water partition coefficient (Wildman–Crippen LogP) is 5.09. The molecule has 2 aromatic carbocycles. The third-order valence-corrected chi connectivity index (χ3v) is 5.03. The topological polar surface area (TPSA) is 26.3 Å². The summed E-state index contributed by atoms with van der Waals surface area (Å²) in [5.41, 5.74) is 1.60. The van der Waals surface area contributed by atoms with Gasteiger partial charge in [0.25, 0.3) is 0 Å². The molecule has 0 saturated carbocycles. The lowest BCUT2D eigenvalue weighted by Gasteiger charge is -2.37. The fourth-order valence-corrected chi connectivity index (χ4v) is 3.69. The molecule has 0 aliphatic heterocycles. The third-order valence-electron chi connectivity index (χ3n) is 5.03. The lowest BCUT2D eigenvalue weighted by atomic mass is 9.67. The Morgan fingerprint density at radius 1 is 1.12 bits per heavy atom. The number of halogens is 3. The van der Waals surface area contributed by atoms with Crippen molar-refractivity contribution in [1.82, 2.24) is 0 Å². The Balaban J connectivity index is 2.21. The first-order valence-electron chi connectivity index (χ1n) is 8.12. The Bertz CT molecular complexity index is 820. The lowest BCUT2D eigenvalue weighted by Crippen LogP contribution is -2.28. The normalized spacial score (nSPS) is 18.6. The van der Waals surface area contributed by atoms with E-state index in [1.54, 1.807) is 12.1 Å². The molecule has 1 atom stereocenters. The maximum Gasteiger partial charge on any atom is 0.337 e. The van der Waals surface area contributed by atoms with Crippen LogP contribution in [0.1, 0.15) is 59.7 Å². The summed E-state index contributed by atoms with van der Waals surface area (Å²) >= 11 is 0. The fraction of sp³-hybridized carbons (Fsp3) is 0.350. The number of esters is 1. The molecule has 3 rings (SSSR count). The van der Waals surface area contributed by atoms with Gasteiger partial charge < -0.3 is 4.74 Å². The number of carbonyl (C=O) groups is 1. The molecular formula is C20H19F3O2. The SMILES string of the molecule is COC(=O)c1ccc2c(c1)C(c1c(F)cc(F)cc1F)CCC2(C)C. The maximum atomic E-state index is 14.3. The van der Waals surface area contributed by atoms with Gasteiger partial charge in [-0.2, -0.15) is 0 Å². The lowest BCUT2D eigenvalue weighted by molar-refractivity contribution is 0.0600. The van der Waals surface area contributed by atoms with Crippen molar-refractivity contribution in [3.8, 4) is 0 Å². The van der Waals surface area contributed by atoms with Gasteiger partial charge in [-0.15, -0.1) is 0 Å². The van der Waals surface area contributed by atoms with E-state index >= 15 is 0 Å². The minimum absolute atomic E-state index is 0.153. The Hall–Kier alpha value is -2.30. The molecular weight excluding hydrogens is 329 g/mol. The standard InChI is InChI=1S/C20H19F3O2/c1-20(2)7-6-13(18-16(22)9-12(21)10-17(18)23)14-8-11(19(24)25-3)4-5-15(14)20/h4-5,8-10,13H,6-7H2,1-3H3. The van der Waals surface area contributed by atoms with Gasteiger partial charge in [0.05, 0.1) is 12.7 Å². The summed E-state index contributed by atoms with van der Waals surface area (Å²) in [5, 5.41) is 0. The molecule has 1 aliphatic rings. The van der Waals surface area contributed by atoms with E-state index in [4.69, 9.17) is 4.74 Å². The van der Waals surface area contributed by atoms with Gasteiger partial charge in [-0.3, -0.25) is 0 Å². The van der Waals surface area contributed by atoms with Crippen LogP contribution in [-0.2, 0) is 10.2 Å². The minimum Gasteiger partial charge on any atom is -0.465 e. The zero-order valence-electron chi connectivity index (χ0n) is 14.3. The summed E-state index contributed by atoms with van der Waals surface area (Å²) in [7, 11) is 1.28. The van der Waals surface area contributed by atoms with Crippen molar-refractivity contribution in [2.75, 3.05) is 7.11 Å². The second-order valence-corrected chi connectivity index (χ2v) is 7.05. The van der Waals surface area contributed by atoms with Gasteiger partial charge in [0.2, 0.25) is 0 Å². The highest BCUT2D eigenvalue weighted by Gasteiger charge is 2.36. The van der Waals surface area contributed by atoms with Crippen molar-refractivity contribution in [3.63, 3.8) is 0 Å². The van der Waals surface area contributed by atoms with Gasteiger partial charge in [0, 0.05) is 23.6 Å². The van der Waals surface area contributed by atoms with Crippen LogP contribution in [0.25, 0.3) is 0 Å². The molecule has 132 valence electrons. The summed E-state index contributed by atoms with van der Waals surface area (Å²) in [6, 6.07) is 6.50. The zero-order valence-corrected chi connectivity index (χ0v) is 14.3. The van der Waals surface area contributed by atoms with E-state index in [0.29, 0.717) is 29.7 Å². The molecule has 2 aromatic rings. The second-order valence-electron chi connectivity index (χ2n) is 7.05. The molecule has 0 amide bonds. The first-order chi connectivity index (χ1) is 11.7. The number of rotatable bonds is 2. The number of fused-ring (bicyclic) bond motifs is 1.